The first-order valence-electron chi connectivity index (χ1n) is 12.4. The molecule has 3 aromatic carbocycles. The molecule has 0 radical (unpaired) electrons. The van der Waals surface area contributed by atoms with Gasteiger partial charge in [-0.3, -0.25) is 4.79 Å². The highest BCUT2D eigenvalue weighted by Gasteiger charge is 2.15. The summed E-state index contributed by atoms with van der Waals surface area (Å²) in [5, 5.41) is 9.35. The second-order valence-electron chi connectivity index (χ2n) is 9.35. The van der Waals surface area contributed by atoms with E-state index in [0.29, 0.717) is 27.8 Å². The van der Waals surface area contributed by atoms with Crippen LogP contribution in [0.4, 0.5) is 0 Å². The van der Waals surface area contributed by atoms with Crippen LogP contribution in [0.2, 0.25) is 0 Å². The molecule has 0 N–H and O–H groups in total. The minimum atomic E-state index is -0.202. The molecule has 188 valence electrons. The summed E-state index contributed by atoms with van der Waals surface area (Å²) in [7, 11) is 0. The maximum atomic E-state index is 13.3. The number of hydrogen-bond donors (Lipinski definition) is 0. The summed E-state index contributed by atoms with van der Waals surface area (Å²) in [4.78, 5) is 18.5. The highest BCUT2D eigenvalue weighted by molar-refractivity contribution is 7.15. The Morgan fingerprint density at radius 2 is 1.61 bits per heavy atom. The molecule has 0 aliphatic carbocycles. The first-order chi connectivity index (χ1) is 18.5. The van der Waals surface area contributed by atoms with Gasteiger partial charge in [-0.05, 0) is 48.4 Å². The van der Waals surface area contributed by atoms with Gasteiger partial charge < -0.3 is 4.74 Å². The molecule has 38 heavy (non-hydrogen) atoms. The molecular formula is C30H25N5O2S. The van der Waals surface area contributed by atoms with E-state index >= 15 is 0 Å². The van der Waals surface area contributed by atoms with Crippen molar-refractivity contribution in [2.45, 2.75) is 13.8 Å². The van der Waals surface area contributed by atoms with Gasteiger partial charge >= 0.3 is 0 Å². The Hall–Kier alpha value is -4.56. The predicted molar refractivity (Wildman–Crippen MR) is 151 cm³/mol. The van der Waals surface area contributed by atoms with Crippen LogP contribution in [0.3, 0.4) is 0 Å². The Labute approximate surface area is 223 Å². The molecule has 3 aromatic heterocycles. The summed E-state index contributed by atoms with van der Waals surface area (Å²) in [6, 6.07) is 27.5. The quantitative estimate of drug-likeness (QED) is 0.288. The van der Waals surface area contributed by atoms with Crippen molar-refractivity contribution < 1.29 is 4.74 Å². The van der Waals surface area contributed by atoms with E-state index < -0.39 is 0 Å². The Bertz CT molecular complexity index is 1800. The molecule has 0 unspecified atom stereocenters. The lowest BCUT2D eigenvalue weighted by Gasteiger charge is -2.08. The SMILES string of the molecule is CC(C)COc1ccc(-c2nc3sc(=Cc4cn(-c5ccccc5)nc4-c4ccccc4)c(=O)n3n2)cc1. The number of ether oxygens (including phenoxy) is 1. The van der Waals surface area contributed by atoms with E-state index in [0.717, 1.165) is 33.8 Å². The summed E-state index contributed by atoms with van der Waals surface area (Å²) in [6.45, 7) is 4.88. The predicted octanol–water partition coefficient (Wildman–Crippen LogP) is 5.25. The van der Waals surface area contributed by atoms with Crippen LogP contribution in [0.15, 0.2) is 95.9 Å². The molecule has 0 saturated heterocycles. The minimum Gasteiger partial charge on any atom is -0.493 e. The van der Waals surface area contributed by atoms with Crippen molar-refractivity contribution >= 4 is 22.4 Å². The number of para-hydroxylation sites is 1. The average molecular weight is 520 g/mol. The highest BCUT2D eigenvalue weighted by atomic mass is 32.1. The van der Waals surface area contributed by atoms with E-state index in [4.69, 9.17) is 9.84 Å². The molecule has 0 aliphatic rings. The first kappa shape index (κ1) is 23.8. The fourth-order valence-electron chi connectivity index (χ4n) is 4.09. The van der Waals surface area contributed by atoms with Crippen LogP contribution in [0.5, 0.6) is 5.75 Å². The molecule has 7 nitrogen and oxygen atoms in total. The number of aromatic nitrogens is 5. The van der Waals surface area contributed by atoms with Crippen LogP contribution in [0, 0.1) is 5.92 Å². The molecule has 0 fully saturated rings. The van der Waals surface area contributed by atoms with Gasteiger partial charge in [0.1, 0.15) is 5.75 Å². The van der Waals surface area contributed by atoms with Crippen molar-refractivity contribution in [1.82, 2.24) is 24.4 Å². The molecule has 0 aliphatic heterocycles. The Kier molecular flexibility index (Phi) is 6.31. The van der Waals surface area contributed by atoms with E-state index in [1.807, 2.05) is 102 Å². The molecule has 8 heteroatoms. The van der Waals surface area contributed by atoms with Gasteiger partial charge in [0.25, 0.3) is 5.56 Å². The molecule has 0 spiro atoms. The summed E-state index contributed by atoms with van der Waals surface area (Å²) < 4.78 is 9.52. The third-order valence-corrected chi connectivity index (χ3v) is 6.93. The van der Waals surface area contributed by atoms with Crippen LogP contribution in [-0.2, 0) is 0 Å². The van der Waals surface area contributed by atoms with Crippen LogP contribution in [0.1, 0.15) is 19.4 Å². The zero-order chi connectivity index (χ0) is 26.1. The molecule has 0 amide bonds. The lowest BCUT2D eigenvalue weighted by molar-refractivity contribution is 0.271. The van der Waals surface area contributed by atoms with Gasteiger partial charge in [0.2, 0.25) is 4.96 Å². The molecule has 6 aromatic rings. The third-order valence-electron chi connectivity index (χ3n) is 5.97. The van der Waals surface area contributed by atoms with Crippen molar-refractivity contribution in [2.24, 2.45) is 5.92 Å². The zero-order valence-corrected chi connectivity index (χ0v) is 21.8. The molecular weight excluding hydrogens is 494 g/mol. The van der Waals surface area contributed by atoms with E-state index in [9.17, 15) is 4.79 Å². The lowest BCUT2D eigenvalue weighted by atomic mass is 10.1. The number of fused-ring (bicyclic) bond motifs is 1. The second-order valence-corrected chi connectivity index (χ2v) is 10.4. The van der Waals surface area contributed by atoms with Crippen LogP contribution < -0.4 is 14.8 Å². The standard InChI is InChI=1S/C30H25N5O2S/c1-20(2)19-37-25-15-13-22(14-16-25)28-31-30-35(33-28)29(36)26(38-30)17-23-18-34(24-11-7-4-8-12-24)32-27(23)21-9-5-3-6-10-21/h3-18,20H,19H2,1-2H3. The molecule has 3 heterocycles. The first-order valence-corrected chi connectivity index (χ1v) is 13.2. The Morgan fingerprint density at radius 3 is 2.29 bits per heavy atom. The Morgan fingerprint density at radius 1 is 0.895 bits per heavy atom. The van der Waals surface area contributed by atoms with Crippen molar-refractivity contribution in [1.29, 1.82) is 0 Å². The third kappa shape index (κ3) is 4.73. The number of benzene rings is 3. The monoisotopic (exact) mass is 519 g/mol. The van der Waals surface area contributed by atoms with Crippen LogP contribution in [0.25, 0.3) is 39.4 Å². The number of thiazole rings is 1. The van der Waals surface area contributed by atoms with E-state index in [1.54, 1.807) is 0 Å². The van der Waals surface area contributed by atoms with Gasteiger partial charge in [0, 0.05) is 22.9 Å². The van der Waals surface area contributed by atoms with Gasteiger partial charge in [-0.25, -0.2) is 4.68 Å². The number of hydrogen-bond acceptors (Lipinski definition) is 6. The van der Waals surface area contributed by atoms with Crippen LogP contribution >= 0.6 is 11.3 Å². The topological polar surface area (TPSA) is 74.3 Å². The van der Waals surface area contributed by atoms with Crippen molar-refractivity contribution in [2.75, 3.05) is 6.61 Å². The second kappa shape index (κ2) is 10.1. The number of nitrogens with zero attached hydrogens (tertiary/aromatic N) is 5. The fourth-order valence-corrected chi connectivity index (χ4v) is 4.99. The Balaban J connectivity index is 1.37. The smallest absolute Gasteiger partial charge is 0.291 e. The normalized spacial score (nSPS) is 12.0. The lowest BCUT2D eigenvalue weighted by Crippen LogP contribution is -2.23. The van der Waals surface area contributed by atoms with Crippen molar-refractivity contribution in [3.8, 4) is 34.1 Å². The average Bonchev–Trinajstić information content (AvgIpc) is 3.64. The van der Waals surface area contributed by atoms with Gasteiger partial charge in [0.15, 0.2) is 5.82 Å². The highest BCUT2D eigenvalue weighted by Crippen LogP contribution is 2.25. The molecule has 0 bridgehead atoms. The summed E-state index contributed by atoms with van der Waals surface area (Å²) >= 11 is 1.32. The van der Waals surface area contributed by atoms with Crippen molar-refractivity contribution in [3.63, 3.8) is 0 Å². The molecule has 6 rings (SSSR count). The van der Waals surface area contributed by atoms with Crippen LogP contribution in [-0.4, -0.2) is 31.0 Å². The van der Waals surface area contributed by atoms with E-state index in [-0.39, 0.29) is 5.56 Å². The van der Waals surface area contributed by atoms with E-state index in [1.165, 1.54) is 15.9 Å². The number of rotatable bonds is 7. The van der Waals surface area contributed by atoms with Gasteiger partial charge in [-0.1, -0.05) is 73.7 Å². The summed E-state index contributed by atoms with van der Waals surface area (Å²) in [5.41, 5.74) is 4.19. The van der Waals surface area contributed by atoms with Gasteiger partial charge in [-0.15, -0.1) is 5.10 Å². The minimum absolute atomic E-state index is 0.202. The fraction of sp³-hybridized carbons (Fsp3) is 0.133. The van der Waals surface area contributed by atoms with Gasteiger partial charge in [0.05, 0.1) is 22.5 Å². The maximum Gasteiger partial charge on any atom is 0.291 e. The van der Waals surface area contributed by atoms with Crippen molar-refractivity contribution in [3.05, 3.63) is 112 Å². The zero-order valence-electron chi connectivity index (χ0n) is 21.0. The van der Waals surface area contributed by atoms with E-state index in [2.05, 4.69) is 23.9 Å². The summed E-state index contributed by atoms with van der Waals surface area (Å²) in [5.74, 6) is 1.77. The maximum absolute atomic E-state index is 13.3. The summed E-state index contributed by atoms with van der Waals surface area (Å²) in [6.07, 6.45) is 3.82. The van der Waals surface area contributed by atoms with Gasteiger partial charge in [-0.2, -0.15) is 14.6 Å². The molecule has 0 atom stereocenters. The largest absolute Gasteiger partial charge is 0.493 e. The molecule has 0 saturated carbocycles.